The zero-order valence-electron chi connectivity index (χ0n) is 41.7. The predicted octanol–water partition coefficient (Wildman–Crippen LogP) is 6.60. The largest absolute Gasteiger partial charge is 0.464 e. The molecule has 7 rings (SSSR count). The first-order valence-electron chi connectivity index (χ1n) is 22.7. The van der Waals surface area contributed by atoms with Gasteiger partial charge in [0.05, 0.1) is 40.8 Å². The van der Waals surface area contributed by atoms with Gasteiger partial charge >= 0.3 is 18.2 Å². The maximum absolute atomic E-state index is 14.6. The number of aromatic nitrogens is 3. The maximum Gasteiger partial charge on any atom is 0.406 e. The van der Waals surface area contributed by atoms with Crippen LogP contribution in [0.3, 0.4) is 0 Å². The van der Waals surface area contributed by atoms with E-state index in [4.69, 9.17) is 14.5 Å². The summed E-state index contributed by atoms with van der Waals surface area (Å²) in [5.74, 6) is -2.34. The SMILES string of the molecule is C=CC(=O)N1CC(N(C)C(=O)N(C)[C@H](C(=O)N[C@H]2Cc3nc(cs3)-c3ccc4c(c3)c(c(-c3cccnc3[C@H](C)OC)n4CC(F)(F)F)CC(C)(C)COC(=O)[C@@H]3CCCN(N3)C2=O)C(C)C)C1.S.S.S.S. The molecule has 3 aliphatic heterocycles. The van der Waals surface area contributed by atoms with Crippen LogP contribution in [0.15, 0.2) is 54.6 Å². The Morgan fingerprint density at radius 1 is 1.10 bits per heavy atom. The third kappa shape index (κ3) is 13.4. The van der Waals surface area contributed by atoms with E-state index in [0.717, 1.165) is 0 Å². The fourth-order valence-corrected chi connectivity index (χ4v) is 10.1. The first-order chi connectivity index (χ1) is 32.1. The van der Waals surface area contributed by atoms with E-state index in [-0.39, 0.29) is 91.9 Å². The summed E-state index contributed by atoms with van der Waals surface area (Å²) in [6.07, 6.45) is -1.43. The number of methoxy groups -OCH3 is 1. The van der Waals surface area contributed by atoms with Crippen LogP contribution in [0.2, 0.25) is 0 Å². The van der Waals surface area contributed by atoms with Crippen molar-refractivity contribution in [3.63, 3.8) is 0 Å². The molecule has 16 nitrogen and oxygen atoms in total. The number of likely N-dealkylation sites (tertiary alicyclic amines) is 1. The summed E-state index contributed by atoms with van der Waals surface area (Å²) in [5.41, 5.74) is 5.55. The molecule has 3 aliphatic rings. The van der Waals surface area contributed by atoms with E-state index in [2.05, 4.69) is 22.3 Å². The number of thiazole rings is 1. The van der Waals surface area contributed by atoms with Crippen LogP contribution in [-0.2, 0) is 48.0 Å². The molecule has 0 aliphatic carbocycles. The van der Waals surface area contributed by atoms with Crippen molar-refractivity contribution in [3.8, 4) is 22.5 Å². The Morgan fingerprint density at radius 2 is 1.79 bits per heavy atom. The van der Waals surface area contributed by atoms with E-state index in [0.29, 0.717) is 75.6 Å². The number of urea groups is 1. The van der Waals surface area contributed by atoms with E-state index in [1.54, 1.807) is 68.6 Å². The summed E-state index contributed by atoms with van der Waals surface area (Å²) < 4.78 is 56.8. The molecule has 4 atom stereocenters. The molecule has 5 amide bonds. The van der Waals surface area contributed by atoms with Crippen LogP contribution in [0.5, 0.6) is 0 Å². The number of alkyl halides is 3. The maximum atomic E-state index is 14.6. The highest BCUT2D eigenvalue weighted by molar-refractivity contribution is 7.59. The Balaban J connectivity index is 0.00000342. The molecular weight excluding hydrogens is 1030 g/mol. The number of benzene rings is 1. The molecule has 0 saturated carbocycles. The normalized spacial score (nSPS) is 18.9. The van der Waals surface area contributed by atoms with Crippen molar-refractivity contribution in [2.45, 2.75) is 103 Å². The second-order valence-electron chi connectivity index (χ2n) is 19.0. The number of ether oxygens (including phenoxy) is 2. The van der Waals surface area contributed by atoms with Gasteiger partial charge in [0.2, 0.25) is 11.8 Å². The number of carbonyl (C=O) groups excluding carboxylic acids is 5. The second kappa shape index (κ2) is 25.2. The molecule has 3 aromatic heterocycles. The van der Waals surface area contributed by atoms with Gasteiger partial charge in [0.15, 0.2) is 0 Å². The van der Waals surface area contributed by atoms with Gasteiger partial charge in [-0.3, -0.25) is 29.2 Å². The number of nitrogens with one attached hydrogen (secondary N) is 2. The molecule has 72 heavy (non-hydrogen) atoms. The zero-order chi connectivity index (χ0) is 49.4. The van der Waals surface area contributed by atoms with Crippen LogP contribution in [0.1, 0.15) is 69.8 Å². The quantitative estimate of drug-likeness (QED) is 0.130. The smallest absolute Gasteiger partial charge is 0.406 e. The van der Waals surface area contributed by atoms with Crippen molar-refractivity contribution in [3.05, 3.63) is 70.8 Å². The predicted molar refractivity (Wildman–Crippen MR) is 291 cm³/mol. The molecule has 0 radical (unpaired) electrons. The summed E-state index contributed by atoms with van der Waals surface area (Å²) >= 11 is 1.26. The number of hydrogen-bond donors (Lipinski definition) is 2. The minimum Gasteiger partial charge on any atom is -0.464 e. The number of nitrogens with zero attached hydrogens (tertiary/aromatic N) is 7. The number of esters is 1. The topological polar surface area (TPSA) is 172 Å². The Morgan fingerprint density at radius 3 is 2.43 bits per heavy atom. The van der Waals surface area contributed by atoms with Crippen molar-refractivity contribution in [1.82, 2.24) is 45.0 Å². The summed E-state index contributed by atoms with van der Waals surface area (Å²) in [6, 6.07) is 4.77. The lowest BCUT2D eigenvalue weighted by atomic mass is 9.84. The lowest BCUT2D eigenvalue weighted by Crippen LogP contribution is -2.65. The van der Waals surface area contributed by atoms with Crippen LogP contribution in [-0.4, -0.2) is 142 Å². The Labute approximate surface area is 450 Å². The Hall–Kier alpha value is -4.46. The minimum absolute atomic E-state index is 0. The standard InChI is InChI=1S/C48H60F3N9O7S.4H2S/c1-10-39(61)58-22-30(23-58)56(7)46(65)57(8)41(27(2)3)43(62)54-35-20-38-53-36(24-68-38)29-15-16-37-32(19-29)33(21-47(5,6)26-67-45(64)34-14-12-18-60(55-34)44(35)63)42(59(37)25-48(49,50)51)31-13-11-17-52-40(31)28(4)66-9;;;;/h10-11,13,15-17,19,24,27-28,30,34-35,41,55H,1,12,14,18,20-23,25-26H2,2-9H3,(H,54,62);4*1H2/t28-,34-,35-,41-;;;;/m0..../s1. The molecule has 2 saturated heterocycles. The molecule has 398 valence electrons. The summed E-state index contributed by atoms with van der Waals surface area (Å²) in [4.78, 5) is 82.7. The number of hydrazine groups is 1. The van der Waals surface area contributed by atoms with Gasteiger partial charge in [-0.1, -0.05) is 40.3 Å². The monoisotopic (exact) mass is 1100 g/mol. The van der Waals surface area contributed by atoms with E-state index in [1.165, 1.54) is 50.9 Å². The number of amides is 5. The van der Waals surface area contributed by atoms with E-state index in [9.17, 15) is 37.1 Å². The van der Waals surface area contributed by atoms with Crippen molar-refractivity contribution in [2.24, 2.45) is 11.3 Å². The molecule has 2 N–H and O–H groups in total. The summed E-state index contributed by atoms with van der Waals surface area (Å²) in [6.45, 7) is 12.1. The summed E-state index contributed by atoms with van der Waals surface area (Å²) in [7, 11) is 4.65. The third-order valence-corrected chi connectivity index (χ3v) is 13.9. The van der Waals surface area contributed by atoms with Gasteiger partial charge in [-0.15, -0.1) is 11.3 Å². The molecule has 0 spiro atoms. The molecular formula is C48H68F3N9O7S5. The van der Waals surface area contributed by atoms with Gasteiger partial charge in [-0.2, -0.15) is 67.2 Å². The number of likely N-dealkylation sites (N-methyl/N-ethyl adjacent to an activating group) is 2. The van der Waals surface area contributed by atoms with Crippen LogP contribution < -0.4 is 10.7 Å². The fourth-order valence-electron chi connectivity index (χ4n) is 9.30. The highest BCUT2D eigenvalue weighted by Crippen LogP contribution is 2.43. The molecule has 6 heterocycles. The molecule has 2 fully saturated rings. The zero-order valence-corrected chi connectivity index (χ0v) is 46.5. The Kier molecular flexibility index (Phi) is 21.6. The third-order valence-electron chi connectivity index (χ3n) is 13.0. The van der Waals surface area contributed by atoms with Crippen LogP contribution >= 0.6 is 65.3 Å². The van der Waals surface area contributed by atoms with E-state index in [1.807, 2.05) is 19.9 Å². The number of cyclic esters (lactones) is 1. The first-order valence-corrected chi connectivity index (χ1v) is 23.6. The molecule has 1 aromatic carbocycles. The molecule has 24 heteroatoms. The van der Waals surface area contributed by atoms with Gasteiger partial charge in [0.25, 0.3) is 5.91 Å². The number of carbonyl (C=O) groups is 5. The van der Waals surface area contributed by atoms with E-state index < -0.39 is 72.1 Å². The van der Waals surface area contributed by atoms with Gasteiger partial charge in [0.1, 0.15) is 24.7 Å². The van der Waals surface area contributed by atoms with Crippen molar-refractivity contribution >= 4 is 106 Å². The van der Waals surface area contributed by atoms with Crippen molar-refractivity contribution in [2.75, 3.05) is 47.4 Å². The number of pyridine rings is 1. The highest BCUT2D eigenvalue weighted by Gasteiger charge is 2.41. The van der Waals surface area contributed by atoms with Gasteiger partial charge in [-0.05, 0) is 68.0 Å². The molecule has 4 aromatic rings. The summed E-state index contributed by atoms with van der Waals surface area (Å²) in [5, 5.41) is 7.08. The average molecular weight is 1100 g/mol. The van der Waals surface area contributed by atoms with Crippen LogP contribution in [0, 0.1) is 11.3 Å². The lowest BCUT2D eigenvalue weighted by Gasteiger charge is -2.45. The Bertz CT molecular complexity index is 2590. The van der Waals surface area contributed by atoms with E-state index >= 15 is 0 Å². The second-order valence-corrected chi connectivity index (χ2v) is 20.0. The number of halogens is 3. The number of rotatable bonds is 10. The van der Waals surface area contributed by atoms with Crippen LogP contribution in [0.25, 0.3) is 33.4 Å². The van der Waals surface area contributed by atoms with Crippen LogP contribution in [0.4, 0.5) is 18.0 Å². The number of fused-ring (bicyclic) bond motifs is 6. The minimum atomic E-state index is -4.60. The average Bonchev–Trinajstić information content (AvgIpc) is 3.86. The van der Waals surface area contributed by atoms with Gasteiger partial charge < -0.3 is 34.1 Å². The van der Waals surface area contributed by atoms with Crippen molar-refractivity contribution < 1.29 is 46.6 Å². The molecule has 0 unspecified atom stereocenters. The van der Waals surface area contributed by atoms with Gasteiger partial charge in [0, 0.05) is 86.3 Å². The highest BCUT2D eigenvalue weighted by atomic mass is 32.1. The number of hydrogen-bond acceptors (Lipinski definition) is 11. The molecule has 6 bridgehead atoms. The van der Waals surface area contributed by atoms with Crippen molar-refractivity contribution in [1.29, 1.82) is 0 Å². The first kappa shape index (κ1) is 61.8. The van der Waals surface area contributed by atoms with Gasteiger partial charge in [-0.25, -0.2) is 15.2 Å². The fraction of sp³-hybridized carbons (Fsp3) is 0.521. The lowest BCUT2D eigenvalue weighted by molar-refractivity contribution is -0.155.